The first-order valence-electron chi connectivity index (χ1n) is 11.5. The second kappa shape index (κ2) is 10.4. The lowest BCUT2D eigenvalue weighted by Crippen LogP contribution is -2.45. The van der Waals surface area contributed by atoms with Crippen LogP contribution < -0.4 is 10.6 Å². The molecule has 2 aliphatic heterocycles. The second-order valence-electron chi connectivity index (χ2n) is 8.85. The Labute approximate surface area is 207 Å². The van der Waals surface area contributed by atoms with Crippen molar-refractivity contribution in [2.24, 2.45) is 5.11 Å². The van der Waals surface area contributed by atoms with Gasteiger partial charge in [-0.05, 0) is 73.7 Å². The van der Waals surface area contributed by atoms with E-state index in [9.17, 15) is 18.0 Å². The first kappa shape index (κ1) is 25.2. The van der Waals surface area contributed by atoms with Gasteiger partial charge in [0.05, 0.1) is 17.3 Å². The van der Waals surface area contributed by atoms with Crippen molar-refractivity contribution in [3.05, 3.63) is 64.2 Å². The van der Waals surface area contributed by atoms with Crippen LogP contribution in [0.25, 0.3) is 5.57 Å². The molecule has 1 saturated heterocycles. The zero-order valence-electron chi connectivity index (χ0n) is 19.3. The van der Waals surface area contributed by atoms with E-state index >= 15 is 0 Å². The van der Waals surface area contributed by atoms with Gasteiger partial charge in [0.1, 0.15) is 5.69 Å². The van der Waals surface area contributed by atoms with Crippen LogP contribution in [-0.4, -0.2) is 36.5 Å². The molecule has 2 atom stereocenters. The number of rotatable bonds is 6. The van der Waals surface area contributed by atoms with Crippen molar-refractivity contribution < 1.29 is 18.0 Å². The number of anilines is 1. The Hall–Kier alpha value is -2.91. The van der Waals surface area contributed by atoms with Gasteiger partial charge in [-0.15, -0.1) is 0 Å². The van der Waals surface area contributed by atoms with E-state index in [1.54, 1.807) is 19.1 Å². The van der Waals surface area contributed by atoms with Crippen LogP contribution in [0.1, 0.15) is 48.9 Å². The summed E-state index contributed by atoms with van der Waals surface area (Å²) in [5.41, 5.74) is 9.45. The van der Waals surface area contributed by atoms with Crippen molar-refractivity contribution in [3.8, 4) is 0 Å². The highest BCUT2D eigenvalue weighted by Crippen LogP contribution is 2.39. The summed E-state index contributed by atoms with van der Waals surface area (Å²) >= 11 is 5.81. The first-order valence-corrected chi connectivity index (χ1v) is 11.9. The van der Waals surface area contributed by atoms with Crippen LogP contribution in [0.15, 0.2) is 47.6 Å². The fraction of sp³-hybridized carbons (Fsp3) is 0.400. The summed E-state index contributed by atoms with van der Waals surface area (Å²) in [5, 5.41) is 9.88. The Balaban J connectivity index is 1.54. The molecule has 10 heteroatoms. The first-order chi connectivity index (χ1) is 16.7. The average molecular weight is 506 g/mol. The highest BCUT2D eigenvalue weighted by atomic mass is 35.5. The molecular weight excluding hydrogens is 479 g/mol. The number of benzene rings is 2. The number of carbonyl (C=O) groups excluding carboxylic acids is 1. The summed E-state index contributed by atoms with van der Waals surface area (Å²) in [6.45, 7) is 3.61. The fourth-order valence-corrected chi connectivity index (χ4v) is 4.83. The molecular formula is C25H27ClF3N5O. The highest BCUT2D eigenvalue weighted by molar-refractivity contribution is 6.30. The molecule has 3 N–H and O–H groups in total. The molecule has 6 nitrogen and oxygen atoms in total. The molecule has 0 bridgehead atoms. The van der Waals surface area contributed by atoms with Crippen LogP contribution in [-0.2, 0) is 11.0 Å². The molecule has 0 unspecified atom stereocenters. The number of amides is 1. The highest BCUT2D eigenvalue weighted by Gasteiger charge is 2.35. The van der Waals surface area contributed by atoms with Gasteiger partial charge in [-0.3, -0.25) is 4.79 Å². The normalized spacial score (nSPS) is 19.3. The third-order valence-corrected chi connectivity index (χ3v) is 6.76. The largest absolute Gasteiger partial charge is 0.416 e. The lowest BCUT2D eigenvalue weighted by molar-refractivity contribution is -0.138. The van der Waals surface area contributed by atoms with E-state index < -0.39 is 17.8 Å². The Morgan fingerprint density at radius 1 is 1.29 bits per heavy atom. The Morgan fingerprint density at radius 3 is 2.71 bits per heavy atom. The number of hydrogen-bond donors (Lipinski definition) is 3. The maximum atomic E-state index is 13.6. The van der Waals surface area contributed by atoms with Gasteiger partial charge in [0, 0.05) is 24.2 Å². The van der Waals surface area contributed by atoms with Crippen molar-refractivity contribution in [3.63, 3.8) is 0 Å². The monoisotopic (exact) mass is 505 g/mol. The Morgan fingerprint density at radius 2 is 2.09 bits per heavy atom. The minimum atomic E-state index is -4.55. The van der Waals surface area contributed by atoms with Gasteiger partial charge in [0.2, 0.25) is 5.91 Å². The van der Waals surface area contributed by atoms with Crippen molar-refractivity contribution in [2.75, 3.05) is 25.0 Å². The third kappa shape index (κ3) is 5.67. The van der Waals surface area contributed by atoms with Crippen molar-refractivity contribution in [1.29, 1.82) is 5.53 Å². The number of halogens is 4. The predicted octanol–water partition coefficient (Wildman–Crippen LogP) is 6.56. The molecule has 1 amide bonds. The lowest BCUT2D eigenvalue weighted by atomic mass is 9.97. The summed E-state index contributed by atoms with van der Waals surface area (Å²) in [4.78, 5) is 14.5. The van der Waals surface area contributed by atoms with Crippen LogP contribution in [0.2, 0.25) is 5.02 Å². The molecule has 0 radical (unpaired) electrons. The smallest absolute Gasteiger partial charge is 0.377 e. The molecule has 1 fully saturated rings. The number of nitrogens with zero attached hydrogens (tertiary/aromatic N) is 2. The van der Waals surface area contributed by atoms with Gasteiger partial charge >= 0.3 is 6.18 Å². The molecule has 35 heavy (non-hydrogen) atoms. The lowest BCUT2D eigenvalue weighted by Gasteiger charge is -2.29. The van der Waals surface area contributed by atoms with Crippen LogP contribution in [0.3, 0.4) is 0 Å². The van der Waals surface area contributed by atoms with E-state index in [1.165, 1.54) is 12.1 Å². The Bertz CT molecular complexity index is 1140. The SMILES string of the molecule is C[C@@H](Nc1cc(C2=CCN(C(=O)[C@H]3CCCN3)CC2)ccc1N=N)c1ccc(Cl)cc1C(F)(F)F. The molecule has 0 aliphatic carbocycles. The number of hydrogen-bond acceptors (Lipinski definition) is 5. The van der Waals surface area contributed by atoms with E-state index in [0.29, 0.717) is 30.9 Å². The van der Waals surface area contributed by atoms with E-state index in [0.717, 1.165) is 36.6 Å². The quantitative estimate of drug-likeness (QED) is 0.389. The molecule has 2 aliphatic rings. The molecule has 0 aromatic heterocycles. The van der Waals surface area contributed by atoms with Crippen LogP contribution in [0.4, 0.5) is 24.5 Å². The topological polar surface area (TPSA) is 80.6 Å². The summed E-state index contributed by atoms with van der Waals surface area (Å²) in [6, 6.07) is 8.20. The Kier molecular flexibility index (Phi) is 7.47. The van der Waals surface area contributed by atoms with Gasteiger partial charge in [-0.1, -0.05) is 29.8 Å². The van der Waals surface area contributed by atoms with Gasteiger partial charge in [-0.2, -0.15) is 18.3 Å². The van der Waals surface area contributed by atoms with Gasteiger partial charge in [0.15, 0.2) is 0 Å². The van der Waals surface area contributed by atoms with E-state index in [1.807, 2.05) is 17.0 Å². The maximum absolute atomic E-state index is 13.6. The van der Waals surface area contributed by atoms with Crippen molar-refractivity contribution in [2.45, 2.75) is 44.4 Å². The number of alkyl halides is 3. The van der Waals surface area contributed by atoms with E-state index in [-0.39, 0.29) is 22.5 Å². The fourth-order valence-electron chi connectivity index (χ4n) is 4.66. The van der Waals surface area contributed by atoms with Gasteiger partial charge in [-0.25, -0.2) is 5.53 Å². The van der Waals surface area contributed by atoms with Crippen LogP contribution in [0, 0.1) is 5.53 Å². The minimum absolute atomic E-state index is 0.0117. The van der Waals surface area contributed by atoms with Crippen molar-refractivity contribution >= 4 is 34.5 Å². The van der Waals surface area contributed by atoms with Gasteiger partial charge < -0.3 is 15.5 Å². The van der Waals surface area contributed by atoms with Crippen LogP contribution >= 0.6 is 11.6 Å². The molecule has 2 heterocycles. The number of nitrogens with one attached hydrogen (secondary N) is 3. The zero-order chi connectivity index (χ0) is 25.2. The van der Waals surface area contributed by atoms with Crippen LogP contribution in [0.5, 0.6) is 0 Å². The molecule has 186 valence electrons. The summed E-state index contributed by atoms with van der Waals surface area (Å²) in [7, 11) is 0. The molecule has 0 saturated carbocycles. The van der Waals surface area contributed by atoms with E-state index in [4.69, 9.17) is 17.1 Å². The summed E-state index contributed by atoms with van der Waals surface area (Å²) in [5.74, 6) is 0.126. The minimum Gasteiger partial charge on any atom is -0.377 e. The molecule has 2 aromatic rings. The average Bonchev–Trinajstić information content (AvgIpc) is 3.38. The van der Waals surface area contributed by atoms with Gasteiger partial charge in [0.25, 0.3) is 0 Å². The zero-order valence-corrected chi connectivity index (χ0v) is 20.0. The summed E-state index contributed by atoms with van der Waals surface area (Å²) < 4.78 is 40.8. The van der Waals surface area contributed by atoms with Crippen molar-refractivity contribution in [1.82, 2.24) is 10.2 Å². The standard InChI is InChI=1S/C25H27ClF3N5O/c1-15(19-6-5-18(26)14-20(19)25(27,28)29)32-23-13-17(4-7-21(23)33-30)16-8-11-34(12-9-16)24(35)22-3-2-10-31-22/h4-8,13-15,22,30-32H,2-3,9-12H2,1H3/t15-,22-/m1/s1. The predicted molar refractivity (Wildman–Crippen MR) is 130 cm³/mol. The molecule has 4 rings (SSSR count). The second-order valence-corrected chi connectivity index (χ2v) is 9.29. The van der Waals surface area contributed by atoms with E-state index in [2.05, 4.69) is 15.7 Å². The molecule has 0 spiro atoms. The maximum Gasteiger partial charge on any atom is 0.416 e. The number of carbonyl (C=O) groups is 1. The third-order valence-electron chi connectivity index (χ3n) is 6.53. The summed E-state index contributed by atoms with van der Waals surface area (Å²) in [6.07, 6.45) is -0.00321. The molecule has 2 aromatic carbocycles.